The van der Waals surface area contributed by atoms with E-state index in [0.717, 1.165) is 24.9 Å². The van der Waals surface area contributed by atoms with E-state index in [2.05, 4.69) is 21.7 Å². The van der Waals surface area contributed by atoms with Crippen molar-refractivity contribution in [2.75, 3.05) is 13.1 Å². The van der Waals surface area contributed by atoms with Crippen LogP contribution in [0.25, 0.3) is 0 Å². The minimum absolute atomic E-state index is 0.280. The molecule has 0 saturated carbocycles. The maximum Gasteiger partial charge on any atom is 0.475 e. The van der Waals surface area contributed by atoms with E-state index in [1.807, 2.05) is 43.3 Å². The SMILES string of the molecule is CC=CN1CCCC[C@H]1CNC(=O)N[C@@H](Cc1ccccc1)B(O)O. The van der Waals surface area contributed by atoms with Crippen molar-refractivity contribution in [2.24, 2.45) is 0 Å². The molecule has 7 heteroatoms. The average Bonchev–Trinajstić information content (AvgIpc) is 2.61. The molecule has 0 bridgehead atoms. The highest BCUT2D eigenvalue weighted by atomic mass is 16.4. The van der Waals surface area contributed by atoms with Gasteiger partial charge in [-0.15, -0.1) is 0 Å². The molecule has 0 aliphatic carbocycles. The topological polar surface area (TPSA) is 84.8 Å². The number of carbonyl (C=O) groups excluding carboxylic acids is 1. The predicted octanol–water partition coefficient (Wildman–Crippen LogP) is 1.30. The second kappa shape index (κ2) is 10.1. The van der Waals surface area contributed by atoms with Crippen LogP contribution in [0.15, 0.2) is 42.6 Å². The van der Waals surface area contributed by atoms with E-state index in [0.29, 0.717) is 13.0 Å². The van der Waals surface area contributed by atoms with Crippen LogP contribution in [0.1, 0.15) is 31.7 Å². The van der Waals surface area contributed by atoms with Gasteiger partial charge in [0.25, 0.3) is 0 Å². The first-order chi connectivity index (χ1) is 12.1. The van der Waals surface area contributed by atoms with E-state index in [-0.39, 0.29) is 12.1 Å². The van der Waals surface area contributed by atoms with Gasteiger partial charge in [0.05, 0.1) is 5.94 Å². The summed E-state index contributed by atoms with van der Waals surface area (Å²) in [6, 6.07) is 9.36. The monoisotopic (exact) mass is 345 g/mol. The van der Waals surface area contributed by atoms with Crippen molar-refractivity contribution >= 4 is 13.1 Å². The fourth-order valence-electron chi connectivity index (χ4n) is 3.16. The second-order valence-electron chi connectivity index (χ2n) is 6.43. The van der Waals surface area contributed by atoms with Crippen LogP contribution in [0, 0.1) is 0 Å². The molecule has 1 aliphatic heterocycles. The van der Waals surface area contributed by atoms with Gasteiger partial charge in [0.2, 0.25) is 0 Å². The number of urea groups is 1. The lowest BCUT2D eigenvalue weighted by molar-refractivity contribution is 0.201. The summed E-state index contributed by atoms with van der Waals surface area (Å²) in [5.41, 5.74) is 0.937. The summed E-state index contributed by atoms with van der Waals surface area (Å²) in [5.74, 6) is -0.750. The molecule has 0 radical (unpaired) electrons. The number of rotatable bonds is 7. The zero-order valence-electron chi connectivity index (χ0n) is 14.8. The van der Waals surface area contributed by atoms with Gasteiger partial charge in [-0.1, -0.05) is 36.4 Å². The zero-order chi connectivity index (χ0) is 18.1. The molecule has 1 fully saturated rings. The van der Waals surface area contributed by atoms with Crippen molar-refractivity contribution < 1.29 is 14.8 Å². The molecule has 1 aromatic carbocycles. The third kappa shape index (κ3) is 6.44. The quantitative estimate of drug-likeness (QED) is 0.561. The smallest absolute Gasteiger partial charge is 0.426 e. The molecule has 136 valence electrons. The number of likely N-dealkylation sites (tertiary alicyclic amines) is 1. The number of carbonyl (C=O) groups is 1. The van der Waals surface area contributed by atoms with Gasteiger partial charge in [-0.3, -0.25) is 0 Å². The third-order valence-electron chi connectivity index (χ3n) is 4.49. The number of amides is 2. The summed E-state index contributed by atoms with van der Waals surface area (Å²) in [6.07, 6.45) is 7.81. The molecular formula is C18H28BN3O3. The van der Waals surface area contributed by atoms with E-state index >= 15 is 0 Å². The van der Waals surface area contributed by atoms with E-state index in [1.54, 1.807) is 0 Å². The summed E-state index contributed by atoms with van der Waals surface area (Å²) < 4.78 is 0. The normalized spacial score (nSPS) is 18.8. The average molecular weight is 345 g/mol. The number of benzene rings is 1. The van der Waals surface area contributed by atoms with Crippen molar-refractivity contribution in [3.63, 3.8) is 0 Å². The molecule has 1 aliphatic rings. The van der Waals surface area contributed by atoms with Crippen molar-refractivity contribution in [1.29, 1.82) is 0 Å². The Morgan fingerprint density at radius 1 is 1.36 bits per heavy atom. The first-order valence-electron chi connectivity index (χ1n) is 8.93. The van der Waals surface area contributed by atoms with Crippen molar-refractivity contribution in [3.05, 3.63) is 48.2 Å². The molecule has 2 atom stereocenters. The Morgan fingerprint density at radius 2 is 2.12 bits per heavy atom. The Morgan fingerprint density at radius 3 is 2.80 bits per heavy atom. The van der Waals surface area contributed by atoms with Gasteiger partial charge < -0.3 is 25.6 Å². The Bertz CT molecular complexity index is 554. The summed E-state index contributed by atoms with van der Waals surface area (Å²) in [6.45, 7) is 3.53. The first kappa shape index (κ1) is 19.3. The van der Waals surface area contributed by atoms with Crippen LogP contribution in [0.5, 0.6) is 0 Å². The fourth-order valence-corrected chi connectivity index (χ4v) is 3.16. The molecule has 6 nitrogen and oxygen atoms in total. The van der Waals surface area contributed by atoms with Crippen LogP contribution < -0.4 is 10.6 Å². The van der Waals surface area contributed by atoms with Crippen LogP contribution in [-0.4, -0.2) is 53.2 Å². The van der Waals surface area contributed by atoms with Crippen molar-refractivity contribution in [1.82, 2.24) is 15.5 Å². The van der Waals surface area contributed by atoms with Gasteiger partial charge in [0.1, 0.15) is 0 Å². The molecule has 1 aromatic rings. The van der Waals surface area contributed by atoms with E-state index < -0.39 is 13.1 Å². The van der Waals surface area contributed by atoms with E-state index in [4.69, 9.17) is 0 Å². The molecule has 0 spiro atoms. The number of nitrogens with one attached hydrogen (secondary N) is 2. The van der Waals surface area contributed by atoms with E-state index in [9.17, 15) is 14.8 Å². The molecule has 2 amide bonds. The molecule has 1 heterocycles. The Balaban J connectivity index is 1.84. The highest BCUT2D eigenvalue weighted by Crippen LogP contribution is 2.16. The Labute approximate surface area is 150 Å². The van der Waals surface area contributed by atoms with Gasteiger partial charge in [-0.25, -0.2) is 4.79 Å². The van der Waals surface area contributed by atoms with Crippen LogP contribution in [-0.2, 0) is 6.42 Å². The second-order valence-corrected chi connectivity index (χ2v) is 6.43. The summed E-state index contributed by atoms with van der Waals surface area (Å²) >= 11 is 0. The van der Waals surface area contributed by atoms with Gasteiger partial charge in [0.15, 0.2) is 0 Å². The van der Waals surface area contributed by atoms with Crippen LogP contribution in [0.4, 0.5) is 4.79 Å². The van der Waals surface area contributed by atoms with Gasteiger partial charge in [-0.05, 0) is 44.4 Å². The molecule has 1 saturated heterocycles. The molecular weight excluding hydrogens is 317 g/mol. The van der Waals surface area contributed by atoms with Gasteiger partial charge in [0, 0.05) is 19.1 Å². The highest BCUT2D eigenvalue weighted by molar-refractivity contribution is 6.43. The zero-order valence-corrected chi connectivity index (χ0v) is 14.8. The molecule has 0 aromatic heterocycles. The number of allylic oxidation sites excluding steroid dienone is 1. The summed E-state index contributed by atoms with van der Waals surface area (Å²) in [4.78, 5) is 14.4. The first-order valence-corrected chi connectivity index (χ1v) is 8.93. The molecule has 4 N–H and O–H groups in total. The fraction of sp³-hybridized carbons (Fsp3) is 0.500. The van der Waals surface area contributed by atoms with Crippen molar-refractivity contribution in [2.45, 2.75) is 44.6 Å². The Kier molecular flexibility index (Phi) is 7.82. The number of hydrogen-bond donors (Lipinski definition) is 4. The van der Waals surface area contributed by atoms with Gasteiger partial charge >= 0.3 is 13.1 Å². The highest BCUT2D eigenvalue weighted by Gasteiger charge is 2.26. The summed E-state index contributed by atoms with van der Waals surface area (Å²) in [5, 5.41) is 24.6. The lowest BCUT2D eigenvalue weighted by atomic mass is 9.76. The standard InChI is InChI=1S/C18H28BN3O3/c1-2-11-22-12-7-6-10-16(22)14-20-18(23)21-17(19(24)25)13-15-8-4-3-5-9-15/h2-5,8-9,11,16-17,24-25H,6-7,10,12-14H2,1H3,(H2,20,21,23)/t16-,17-/m0/s1. The van der Waals surface area contributed by atoms with Crippen molar-refractivity contribution in [3.8, 4) is 0 Å². The number of piperidine rings is 1. The van der Waals surface area contributed by atoms with Gasteiger partial charge in [-0.2, -0.15) is 0 Å². The van der Waals surface area contributed by atoms with Crippen LogP contribution >= 0.6 is 0 Å². The lowest BCUT2D eigenvalue weighted by Crippen LogP contribution is -2.53. The maximum absolute atomic E-state index is 12.2. The largest absolute Gasteiger partial charge is 0.475 e. The summed E-state index contributed by atoms with van der Waals surface area (Å²) in [7, 11) is -1.61. The predicted molar refractivity (Wildman–Crippen MR) is 99.8 cm³/mol. The lowest BCUT2D eigenvalue weighted by Gasteiger charge is -2.35. The minimum atomic E-state index is -1.61. The molecule has 2 rings (SSSR count). The molecule has 25 heavy (non-hydrogen) atoms. The van der Waals surface area contributed by atoms with E-state index in [1.165, 1.54) is 6.42 Å². The van der Waals surface area contributed by atoms with Crippen LogP contribution in [0.3, 0.4) is 0 Å². The number of hydrogen-bond acceptors (Lipinski definition) is 4. The molecule has 0 unspecified atom stereocenters. The minimum Gasteiger partial charge on any atom is -0.426 e. The Hall–Kier alpha value is -1.99. The number of nitrogens with zero attached hydrogens (tertiary/aromatic N) is 1. The third-order valence-corrected chi connectivity index (χ3v) is 4.49. The maximum atomic E-state index is 12.2. The van der Waals surface area contributed by atoms with Crippen LogP contribution in [0.2, 0.25) is 0 Å².